The van der Waals surface area contributed by atoms with Gasteiger partial charge in [-0.15, -0.1) is 0 Å². The first-order chi connectivity index (χ1) is 13.8. The SMILES string of the molecule is Cc1cc(-c2ccccc2)c(-c2ccc(Cl)cc2)n1-c1ccc(S(N)(=O)=O)cc1. The maximum Gasteiger partial charge on any atom is 0.238 e. The second-order valence-electron chi connectivity index (χ2n) is 6.80. The topological polar surface area (TPSA) is 65.1 Å². The summed E-state index contributed by atoms with van der Waals surface area (Å²) in [7, 11) is -3.74. The second kappa shape index (κ2) is 7.52. The van der Waals surface area contributed by atoms with Gasteiger partial charge >= 0.3 is 0 Å². The Morgan fingerprint density at radius 1 is 0.828 bits per heavy atom. The van der Waals surface area contributed by atoms with Crippen molar-refractivity contribution >= 4 is 21.6 Å². The summed E-state index contributed by atoms with van der Waals surface area (Å²) in [4.78, 5) is 0.0855. The quantitative estimate of drug-likeness (QED) is 0.477. The molecule has 0 saturated heterocycles. The number of rotatable bonds is 4. The van der Waals surface area contributed by atoms with Gasteiger partial charge in [0.25, 0.3) is 0 Å². The van der Waals surface area contributed by atoms with Gasteiger partial charge in [-0.25, -0.2) is 13.6 Å². The molecule has 0 radical (unpaired) electrons. The molecule has 0 atom stereocenters. The Bertz CT molecular complexity index is 1260. The van der Waals surface area contributed by atoms with Crippen molar-refractivity contribution in [2.45, 2.75) is 11.8 Å². The first kappa shape index (κ1) is 19.5. The van der Waals surface area contributed by atoms with E-state index in [0.29, 0.717) is 5.02 Å². The average Bonchev–Trinajstić information content (AvgIpc) is 3.06. The van der Waals surface area contributed by atoms with Crippen molar-refractivity contribution < 1.29 is 8.42 Å². The van der Waals surface area contributed by atoms with Gasteiger partial charge in [-0.05, 0) is 60.5 Å². The largest absolute Gasteiger partial charge is 0.313 e. The molecule has 4 aromatic rings. The number of halogens is 1. The van der Waals surface area contributed by atoms with E-state index in [1.807, 2.05) is 49.4 Å². The third kappa shape index (κ3) is 3.85. The van der Waals surface area contributed by atoms with Gasteiger partial charge in [0.2, 0.25) is 10.0 Å². The van der Waals surface area contributed by atoms with E-state index in [2.05, 4.69) is 22.8 Å². The van der Waals surface area contributed by atoms with Crippen molar-refractivity contribution in [2.24, 2.45) is 5.14 Å². The van der Waals surface area contributed by atoms with E-state index in [1.165, 1.54) is 12.1 Å². The predicted octanol–water partition coefficient (Wildman–Crippen LogP) is 5.42. The van der Waals surface area contributed by atoms with E-state index in [9.17, 15) is 8.42 Å². The van der Waals surface area contributed by atoms with Gasteiger partial charge in [-0.2, -0.15) is 0 Å². The molecule has 6 heteroatoms. The van der Waals surface area contributed by atoms with Crippen LogP contribution in [0.5, 0.6) is 0 Å². The molecule has 4 rings (SSSR count). The van der Waals surface area contributed by atoms with Crippen LogP contribution >= 0.6 is 11.6 Å². The standard InChI is InChI=1S/C23H19ClN2O2S/c1-16-15-22(17-5-3-2-4-6-17)23(18-7-9-19(24)10-8-18)26(16)20-11-13-21(14-12-20)29(25,27)28/h2-15H,1H3,(H2,25,27,28). The molecule has 0 spiro atoms. The van der Waals surface area contributed by atoms with Crippen LogP contribution in [-0.2, 0) is 10.0 Å². The van der Waals surface area contributed by atoms with Gasteiger partial charge in [-0.3, -0.25) is 0 Å². The number of hydrogen-bond donors (Lipinski definition) is 1. The molecule has 0 fully saturated rings. The van der Waals surface area contributed by atoms with Gasteiger partial charge < -0.3 is 4.57 Å². The molecule has 1 aromatic heterocycles. The summed E-state index contributed by atoms with van der Waals surface area (Å²) in [6.45, 7) is 2.03. The van der Waals surface area contributed by atoms with Gasteiger partial charge in [0.15, 0.2) is 0 Å². The second-order valence-corrected chi connectivity index (χ2v) is 8.79. The summed E-state index contributed by atoms with van der Waals surface area (Å²) in [5.41, 5.74) is 6.08. The van der Waals surface area contributed by atoms with Gasteiger partial charge in [0.1, 0.15) is 0 Å². The Labute approximate surface area is 175 Å². The van der Waals surface area contributed by atoms with Crippen LogP contribution in [0.2, 0.25) is 5.02 Å². The van der Waals surface area contributed by atoms with Crippen molar-refractivity contribution in [1.82, 2.24) is 4.57 Å². The third-order valence-electron chi connectivity index (χ3n) is 4.81. The molecule has 1 heterocycles. The Kier molecular flexibility index (Phi) is 5.04. The molecular weight excluding hydrogens is 404 g/mol. The highest BCUT2D eigenvalue weighted by atomic mass is 35.5. The summed E-state index contributed by atoms with van der Waals surface area (Å²) in [6, 6.07) is 26.6. The van der Waals surface area contributed by atoms with Crippen molar-refractivity contribution in [3.63, 3.8) is 0 Å². The van der Waals surface area contributed by atoms with Crippen LogP contribution in [0.15, 0.2) is 89.8 Å². The predicted molar refractivity (Wildman–Crippen MR) is 118 cm³/mol. The summed E-state index contributed by atoms with van der Waals surface area (Å²) in [5, 5.41) is 5.91. The lowest BCUT2D eigenvalue weighted by Crippen LogP contribution is -2.12. The van der Waals surface area contributed by atoms with E-state index >= 15 is 0 Å². The molecular formula is C23H19ClN2O2S. The Hall–Kier alpha value is -2.86. The fraction of sp³-hybridized carbons (Fsp3) is 0.0435. The van der Waals surface area contributed by atoms with E-state index < -0.39 is 10.0 Å². The van der Waals surface area contributed by atoms with Gasteiger partial charge in [0, 0.05) is 22.0 Å². The lowest BCUT2D eigenvalue weighted by molar-refractivity contribution is 0.598. The molecule has 29 heavy (non-hydrogen) atoms. The van der Waals surface area contributed by atoms with Crippen LogP contribution in [-0.4, -0.2) is 13.0 Å². The van der Waals surface area contributed by atoms with E-state index in [-0.39, 0.29) is 4.90 Å². The van der Waals surface area contributed by atoms with Gasteiger partial charge in [-0.1, -0.05) is 54.1 Å². The first-order valence-electron chi connectivity index (χ1n) is 9.01. The zero-order valence-electron chi connectivity index (χ0n) is 15.7. The Morgan fingerprint density at radius 2 is 1.45 bits per heavy atom. The maximum absolute atomic E-state index is 11.6. The molecule has 0 aliphatic heterocycles. The molecule has 0 amide bonds. The molecule has 146 valence electrons. The summed E-state index contributed by atoms with van der Waals surface area (Å²) >= 11 is 6.10. The maximum atomic E-state index is 11.6. The smallest absolute Gasteiger partial charge is 0.238 e. The van der Waals surface area contributed by atoms with Crippen molar-refractivity contribution in [2.75, 3.05) is 0 Å². The first-order valence-corrected chi connectivity index (χ1v) is 10.9. The minimum Gasteiger partial charge on any atom is -0.313 e. The molecule has 0 bridgehead atoms. The van der Waals surface area contributed by atoms with E-state index in [1.54, 1.807) is 12.1 Å². The number of sulfonamides is 1. The van der Waals surface area contributed by atoms with Crippen LogP contribution in [0.1, 0.15) is 5.69 Å². The van der Waals surface area contributed by atoms with E-state index in [4.69, 9.17) is 16.7 Å². The normalized spacial score (nSPS) is 11.6. The molecule has 0 saturated carbocycles. The minimum atomic E-state index is -3.74. The molecule has 0 aliphatic carbocycles. The Morgan fingerprint density at radius 3 is 2.03 bits per heavy atom. The molecule has 3 aromatic carbocycles. The average molecular weight is 423 g/mol. The summed E-state index contributed by atoms with van der Waals surface area (Å²) in [5.74, 6) is 0. The number of benzene rings is 3. The lowest BCUT2D eigenvalue weighted by atomic mass is 10.0. The molecule has 0 unspecified atom stereocenters. The fourth-order valence-electron chi connectivity index (χ4n) is 3.49. The summed E-state index contributed by atoms with van der Waals surface area (Å²) < 4.78 is 25.3. The lowest BCUT2D eigenvalue weighted by Gasteiger charge is -2.14. The fourth-order valence-corrected chi connectivity index (χ4v) is 4.13. The van der Waals surface area contributed by atoms with Crippen molar-refractivity contribution in [3.05, 3.63) is 95.6 Å². The number of primary sulfonamides is 1. The van der Waals surface area contributed by atoms with Crippen LogP contribution in [0.4, 0.5) is 0 Å². The zero-order chi connectivity index (χ0) is 20.6. The number of nitrogens with two attached hydrogens (primary N) is 1. The number of hydrogen-bond acceptors (Lipinski definition) is 2. The Balaban J connectivity index is 1.96. The van der Waals surface area contributed by atoms with Crippen molar-refractivity contribution in [3.8, 4) is 28.1 Å². The molecule has 0 aliphatic rings. The summed E-state index contributed by atoms with van der Waals surface area (Å²) in [6.07, 6.45) is 0. The monoisotopic (exact) mass is 422 g/mol. The number of aryl methyl sites for hydroxylation is 1. The highest BCUT2D eigenvalue weighted by molar-refractivity contribution is 7.89. The van der Waals surface area contributed by atoms with Crippen LogP contribution < -0.4 is 5.14 Å². The number of nitrogens with zero attached hydrogens (tertiary/aromatic N) is 1. The highest BCUT2D eigenvalue weighted by Crippen LogP contribution is 2.37. The highest BCUT2D eigenvalue weighted by Gasteiger charge is 2.18. The number of aromatic nitrogens is 1. The molecule has 4 nitrogen and oxygen atoms in total. The van der Waals surface area contributed by atoms with E-state index in [0.717, 1.165) is 33.8 Å². The van der Waals surface area contributed by atoms with Crippen LogP contribution in [0.25, 0.3) is 28.1 Å². The van der Waals surface area contributed by atoms with Crippen molar-refractivity contribution in [1.29, 1.82) is 0 Å². The zero-order valence-corrected chi connectivity index (χ0v) is 17.3. The van der Waals surface area contributed by atoms with Crippen LogP contribution in [0, 0.1) is 6.92 Å². The third-order valence-corrected chi connectivity index (χ3v) is 5.99. The minimum absolute atomic E-state index is 0.0855. The van der Waals surface area contributed by atoms with Gasteiger partial charge in [0.05, 0.1) is 10.6 Å². The molecule has 2 N–H and O–H groups in total. The van der Waals surface area contributed by atoms with Crippen LogP contribution in [0.3, 0.4) is 0 Å².